The van der Waals surface area contributed by atoms with Crippen LogP contribution in [0.1, 0.15) is 24.2 Å². The van der Waals surface area contributed by atoms with Crippen LogP contribution in [-0.4, -0.2) is 29.2 Å². The number of ether oxygens (including phenoxy) is 1. The number of anilines is 2. The van der Waals surface area contributed by atoms with E-state index in [9.17, 15) is 0 Å². The molecule has 5 nitrogen and oxygen atoms in total. The quantitative estimate of drug-likeness (QED) is 0.845. The standard InChI is InChI=1S/C17H21ClN4O/c1-12-21-16(19-10-13-5-2-3-7-15(13)18)9-17(22-12)20-11-14-6-4-8-23-14/h2-3,5,7,9,14H,4,6,8,10-11H2,1H3,(H2,19,20,21,22). The Morgan fingerprint density at radius 2 is 2.00 bits per heavy atom. The van der Waals surface area contributed by atoms with Gasteiger partial charge >= 0.3 is 0 Å². The van der Waals surface area contributed by atoms with Crippen molar-refractivity contribution in [3.05, 3.63) is 46.7 Å². The van der Waals surface area contributed by atoms with E-state index < -0.39 is 0 Å². The summed E-state index contributed by atoms with van der Waals surface area (Å²) in [5.41, 5.74) is 1.04. The smallest absolute Gasteiger partial charge is 0.132 e. The summed E-state index contributed by atoms with van der Waals surface area (Å²) in [6.45, 7) is 4.15. The highest BCUT2D eigenvalue weighted by molar-refractivity contribution is 6.31. The minimum Gasteiger partial charge on any atom is -0.376 e. The average molecular weight is 333 g/mol. The second-order valence-corrected chi connectivity index (χ2v) is 6.05. The van der Waals surface area contributed by atoms with Crippen molar-refractivity contribution in [3.63, 3.8) is 0 Å². The van der Waals surface area contributed by atoms with Crippen molar-refractivity contribution in [2.24, 2.45) is 0 Å². The van der Waals surface area contributed by atoms with Gasteiger partial charge in [0.25, 0.3) is 0 Å². The van der Waals surface area contributed by atoms with Crippen LogP contribution in [-0.2, 0) is 11.3 Å². The molecule has 0 amide bonds. The van der Waals surface area contributed by atoms with Crippen LogP contribution in [0, 0.1) is 6.92 Å². The van der Waals surface area contributed by atoms with Gasteiger partial charge in [-0.2, -0.15) is 0 Å². The van der Waals surface area contributed by atoms with Gasteiger partial charge < -0.3 is 15.4 Å². The first kappa shape index (κ1) is 16.0. The van der Waals surface area contributed by atoms with Gasteiger partial charge in [0.2, 0.25) is 0 Å². The molecule has 2 heterocycles. The van der Waals surface area contributed by atoms with Crippen LogP contribution in [0.2, 0.25) is 5.02 Å². The zero-order valence-corrected chi connectivity index (χ0v) is 13.9. The van der Waals surface area contributed by atoms with E-state index in [1.165, 1.54) is 0 Å². The van der Waals surface area contributed by atoms with Crippen molar-refractivity contribution in [2.45, 2.75) is 32.4 Å². The highest BCUT2D eigenvalue weighted by Gasteiger charge is 2.15. The molecule has 1 aliphatic heterocycles. The summed E-state index contributed by atoms with van der Waals surface area (Å²) >= 11 is 6.18. The number of nitrogens with zero attached hydrogens (tertiary/aromatic N) is 2. The van der Waals surface area contributed by atoms with Crippen molar-refractivity contribution >= 4 is 23.2 Å². The molecule has 0 aliphatic carbocycles. The first-order chi connectivity index (χ1) is 11.2. The lowest BCUT2D eigenvalue weighted by atomic mass is 10.2. The summed E-state index contributed by atoms with van der Waals surface area (Å²) < 4.78 is 5.62. The fraction of sp³-hybridized carbons (Fsp3) is 0.412. The fourth-order valence-corrected chi connectivity index (χ4v) is 2.80. The maximum Gasteiger partial charge on any atom is 0.132 e. The predicted octanol–water partition coefficient (Wildman–Crippen LogP) is 3.64. The number of aryl methyl sites for hydroxylation is 1. The number of aromatic nitrogens is 2. The van der Waals surface area contributed by atoms with E-state index in [0.29, 0.717) is 6.54 Å². The Hall–Kier alpha value is -1.85. The molecule has 1 unspecified atom stereocenters. The molecule has 3 rings (SSSR count). The predicted molar refractivity (Wildman–Crippen MR) is 93.0 cm³/mol. The molecular formula is C17H21ClN4O. The number of nitrogens with one attached hydrogen (secondary N) is 2. The summed E-state index contributed by atoms with van der Waals surface area (Å²) in [6, 6.07) is 9.70. The zero-order valence-electron chi connectivity index (χ0n) is 13.2. The Labute approximate surface area is 141 Å². The average Bonchev–Trinajstić information content (AvgIpc) is 3.05. The Bertz CT molecular complexity index is 659. The first-order valence-electron chi connectivity index (χ1n) is 7.89. The Kier molecular flexibility index (Phi) is 5.31. The second-order valence-electron chi connectivity index (χ2n) is 5.65. The SMILES string of the molecule is Cc1nc(NCc2ccccc2Cl)cc(NCC2CCCO2)n1. The van der Waals surface area contributed by atoms with E-state index in [0.717, 1.165) is 54.0 Å². The van der Waals surface area contributed by atoms with Gasteiger partial charge in [0, 0.05) is 30.8 Å². The van der Waals surface area contributed by atoms with Gasteiger partial charge in [0.15, 0.2) is 0 Å². The van der Waals surface area contributed by atoms with Gasteiger partial charge in [-0.15, -0.1) is 0 Å². The molecule has 23 heavy (non-hydrogen) atoms. The minimum atomic E-state index is 0.282. The van der Waals surface area contributed by atoms with Gasteiger partial charge in [-0.3, -0.25) is 0 Å². The van der Waals surface area contributed by atoms with Gasteiger partial charge in [-0.25, -0.2) is 9.97 Å². The molecule has 2 aromatic rings. The molecule has 122 valence electrons. The molecule has 1 aromatic carbocycles. The number of hydrogen-bond acceptors (Lipinski definition) is 5. The first-order valence-corrected chi connectivity index (χ1v) is 8.27. The van der Waals surface area contributed by atoms with Gasteiger partial charge in [0.1, 0.15) is 17.5 Å². The Balaban J connectivity index is 1.61. The molecule has 2 N–H and O–H groups in total. The van der Waals surface area contributed by atoms with Crippen molar-refractivity contribution in [1.29, 1.82) is 0 Å². The summed E-state index contributed by atoms with van der Waals surface area (Å²) in [5, 5.41) is 7.39. The maximum atomic E-state index is 6.18. The van der Waals surface area contributed by atoms with E-state index in [-0.39, 0.29) is 6.10 Å². The van der Waals surface area contributed by atoms with Crippen LogP contribution in [0.3, 0.4) is 0 Å². The van der Waals surface area contributed by atoms with Crippen LogP contribution in [0.4, 0.5) is 11.6 Å². The Morgan fingerprint density at radius 1 is 1.22 bits per heavy atom. The topological polar surface area (TPSA) is 59.1 Å². The summed E-state index contributed by atoms with van der Waals surface area (Å²) in [6.07, 6.45) is 2.53. The number of benzene rings is 1. The summed E-state index contributed by atoms with van der Waals surface area (Å²) in [7, 11) is 0. The molecule has 0 bridgehead atoms. The minimum absolute atomic E-state index is 0.282. The molecule has 0 radical (unpaired) electrons. The molecule has 0 saturated carbocycles. The highest BCUT2D eigenvalue weighted by atomic mass is 35.5. The largest absolute Gasteiger partial charge is 0.376 e. The normalized spacial score (nSPS) is 17.2. The lowest BCUT2D eigenvalue weighted by Crippen LogP contribution is -2.19. The molecule has 0 spiro atoms. The number of halogens is 1. The summed E-state index contributed by atoms with van der Waals surface area (Å²) in [4.78, 5) is 8.85. The monoisotopic (exact) mass is 332 g/mol. The van der Waals surface area contributed by atoms with Crippen LogP contribution in [0.25, 0.3) is 0 Å². The van der Waals surface area contributed by atoms with Crippen molar-refractivity contribution in [1.82, 2.24) is 9.97 Å². The van der Waals surface area contributed by atoms with Crippen molar-refractivity contribution < 1.29 is 4.74 Å². The zero-order chi connectivity index (χ0) is 16.1. The van der Waals surface area contributed by atoms with E-state index in [2.05, 4.69) is 20.6 Å². The summed E-state index contributed by atoms with van der Waals surface area (Å²) in [5.74, 6) is 2.32. The molecule has 1 aliphatic rings. The molecule has 1 saturated heterocycles. The molecule has 1 atom stereocenters. The van der Waals surface area contributed by atoms with Crippen LogP contribution in [0.15, 0.2) is 30.3 Å². The van der Waals surface area contributed by atoms with Crippen LogP contribution >= 0.6 is 11.6 Å². The van der Waals surface area contributed by atoms with E-state index in [4.69, 9.17) is 16.3 Å². The lowest BCUT2D eigenvalue weighted by Gasteiger charge is -2.13. The Morgan fingerprint density at radius 3 is 2.74 bits per heavy atom. The third-order valence-electron chi connectivity index (χ3n) is 3.79. The maximum absolute atomic E-state index is 6.18. The van der Waals surface area contributed by atoms with E-state index >= 15 is 0 Å². The number of rotatable bonds is 6. The molecular weight excluding hydrogens is 312 g/mol. The third-order valence-corrected chi connectivity index (χ3v) is 4.16. The van der Waals surface area contributed by atoms with Gasteiger partial charge in [0.05, 0.1) is 6.10 Å². The third kappa shape index (κ3) is 4.56. The fourth-order valence-electron chi connectivity index (χ4n) is 2.60. The van der Waals surface area contributed by atoms with Gasteiger partial charge in [-0.05, 0) is 31.4 Å². The van der Waals surface area contributed by atoms with E-state index in [1.54, 1.807) is 0 Å². The van der Waals surface area contributed by atoms with Crippen LogP contribution in [0.5, 0.6) is 0 Å². The van der Waals surface area contributed by atoms with E-state index in [1.807, 2.05) is 37.3 Å². The number of hydrogen-bond donors (Lipinski definition) is 2. The molecule has 1 fully saturated rings. The lowest BCUT2D eigenvalue weighted by molar-refractivity contribution is 0.120. The second kappa shape index (κ2) is 7.62. The van der Waals surface area contributed by atoms with Crippen molar-refractivity contribution in [3.8, 4) is 0 Å². The van der Waals surface area contributed by atoms with Gasteiger partial charge in [-0.1, -0.05) is 29.8 Å². The van der Waals surface area contributed by atoms with Crippen molar-refractivity contribution in [2.75, 3.05) is 23.8 Å². The molecule has 1 aromatic heterocycles. The molecule has 6 heteroatoms. The highest BCUT2D eigenvalue weighted by Crippen LogP contribution is 2.18. The van der Waals surface area contributed by atoms with Crippen LogP contribution < -0.4 is 10.6 Å².